The first-order chi connectivity index (χ1) is 10.00. The predicted octanol–water partition coefficient (Wildman–Crippen LogP) is 1.31. The van der Waals surface area contributed by atoms with Gasteiger partial charge in [0.15, 0.2) is 9.84 Å². The van der Waals surface area contributed by atoms with Gasteiger partial charge in [-0.15, -0.1) is 0 Å². The highest BCUT2D eigenvalue weighted by atomic mass is 32.2. The number of hydrogen-bond donors (Lipinski definition) is 0. The molecule has 0 spiro atoms. The second kappa shape index (κ2) is 5.72. The minimum absolute atomic E-state index is 0.182. The molecule has 1 saturated heterocycles. The van der Waals surface area contributed by atoms with E-state index in [-0.39, 0.29) is 6.04 Å². The minimum Gasteiger partial charge on any atom is -0.294 e. The monoisotopic (exact) mass is 311 g/mol. The Hall–Kier alpha value is -0.880. The average Bonchev–Trinajstić information content (AvgIpc) is 3.06. The van der Waals surface area contributed by atoms with Gasteiger partial charge in [-0.1, -0.05) is 6.92 Å². The van der Waals surface area contributed by atoms with Gasteiger partial charge in [-0.05, 0) is 44.2 Å². The second-order valence-electron chi connectivity index (χ2n) is 6.38. The topological polar surface area (TPSA) is 55.2 Å². The fourth-order valence-electron chi connectivity index (χ4n) is 3.72. The third-order valence-corrected chi connectivity index (χ3v) is 6.54. The molecule has 6 heteroatoms. The summed E-state index contributed by atoms with van der Waals surface area (Å²) in [7, 11) is -0.806. The molecule has 1 unspecified atom stereocenters. The molecule has 0 aromatic carbocycles. The Morgan fingerprint density at radius 1 is 1.38 bits per heavy atom. The van der Waals surface area contributed by atoms with Crippen molar-refractivity contribution in [1.82, 2.24) is 14.7 Å². The van der Waals surface area contributed by atoms with Crippen LogP contribution in [0, 0.1) is 0 Å². The molecule has 2 aliphatic rings. The van der Waals surface area contributed by atoms with Gasteiger partial charge in [-0.2, -0.15) is 5.10 Å². The molecule has 5 nitrogen and oxygen atoms in total. The molecular formula is C15H25N3O2S. The van der Waals surface area contributed by atoms with Crippen molar-refractivity contribution in [3.8, 4) is 0 Å². The first-order valence-corrected chi connectivity index (χ1v) is 9.80. The minimum atomic E-state index is -2.82. The Kier molecular flexibility index (Phi) is 4.10. The van der Waals surface area contributed by atoms with Crippen molar-refractivity contribution < 1.29 is 8.42 Å². The van der Waals surface area contributed by atoms with Gasteiger partial charge >= 0.3 is 0 Å². The maximum atomic E-state index is 11.8. The second-order valence-corrected chi connectivity index (χ2v) is 8.61. The summed E-state index contributed by atoms with van der Waals surface area (Å²) < 4.78 is 25.5. The van der Waals surface area contributed by atoms with Crippen LogP contribution in [0.3, 0.4) is 0 Å². The standard InChI is InChI=1S/C15H25N3O2S/c1-3-8-18(12-7-9-21(19,20)11-12)10-15-13-5-4-6-14(13)16-17(15)2/h12H,3-11H2,1-2H3. The van der Waals surface area contributed by atoms with Crippen LogP contribution in [0.1, 0.15) is 43.1 Å². The predicted molar refractivity (Wildman–Crippen MR) is 83.0 cm³/mol. The Morgan fingerprint density at radius 2 is 2.19 bits per heavy atom. The van der Waals surface area contributed by atoms with E-state index in [1.54, 1.807) is 0 Å². The third-order valence-electron chi connectivity index (χ3n) is 4.79. The quantitative estimate of drug-likeness (QED) is 0.823. The molecule has 3 rings (SSSR count). The SMILES string of the molecule is CCCN(Cc1c2c(nn1C)CCC2)C1CCS(=O)(=O)C1. The molecule has 21 heavy (non-hydrogen) atoms. The lowest BCUT2D eigenvalue weighted by atomic mass is 10.1. The highest BCUT2D eigenvalue weighted by molar-refractivity contribution is 7.91. The van der Waals surface area contributed by atoms with Crippen molar-refractivity contribution in [1.29, 1.82) is 0 Å². The Morgan fingerprint density at radius 3 is 2.86 bits per heavy atom. The number of hydrogen-bond acceptors (Lipinski definition) is 4. The Labute approximate surface area is 127 Å². The van der Waals surface area contributed by atoms with E-state index >= 15 is 0 Å². The molecule has 2 heterocycles. The van der Waals surface area contributed by atoms with Crippen molar-refractivity contribution in [2.45, 2.75) is 51.6 Å². The van der Waals surface area contributed by atoms with Crippen LogP contribution in [0.4, 0.5) is 0 Å². The van der Waals surface area contributed by atoms with Crippen molar-refractivity contribution in [2.75, 3.05) is 18.1 Å². The molecule has 118 valence electrons. The molecule has 1 aliphatic carbocycles. The molecule has 1 aromatic heterocycles. The normalized spacial score (nSPS) is 23.9. The zero-order valence-electron chi connectivity index (χ0n) is 13.0. The number of aryl methyl sites for hydroxylation is 2. The number of rotatable bonds is 5. The summed E-state index contributed by atoms with van der Waals surface area (Å²) >= 11 is 0. The van der Waals surface area contributed by atoms with E-state index in [9.17, 15) is 8.42 Å². The van der Waals surface area contributed by atoms with Crippen LogP contribution >= 0.6 is 0 Å². The zero-order valence-corrected chi connectivity index (χ0v) is 13.8. The summed E-state index contributed by atoms with van der Waals surface area (Å²) in [5.41, 5.74) is 3.96. The lowest BCUT2D eigenvalue weighted by molar-refractivity contribution is 0.198. The summed E-state index contributed by atoms with van der Waals surface area (Å²) in [6, 6.07) is 0.182. The maximum absolute atomic E-state index is 11.8. The van der Waals surface area contributed by atoms with Crippen molar-refractivity contribution in [3.05, 3.63) is 17.0 Å². The van der Waals surface area contributed by atoms with Crippen molar-refractivity contribution >= 4 is 9.84 Å². The van der Waals surface area contributed by atoms with Gasteiger partial charge in [0.05, 0.1) is 22.9 Å². The van der Waals surface area contributed by atoms with E-state index in [2.05, 4.69) is 16.9 Å². The number of fused-ring (bicyclic) bond motifs is 1. The van der Waals surface area contributed by atoms with Gasteiger partial charge in [-0.3, -0.25) is 9.58 Å². The molecule has 0 bridgehead atoms. The van der Waals surface area contributed by atoms with Crippen LogP contribution in [0.15, 0.2) is 0 Å². The number of nitrogens with zero attached hydrogens (tertiary/aromatic N) is 3. The number of aromatic nitrogens is 2. The van der Waals surface area contributed by atoms with Gasteiger partial charge in [0.2, 0.25) is 0 Å². The first-order valence-electron chi connectivity index (χ1n) is 7.98. The van der Waals surface area contributed by atoms with Crippen LogP contribution in [-0.4, -0.2) is 47.2 Å². The molecule has 1 aromatic rings. The third kappa shape index (κ3) is 3.01. The van der Waals surface area contributed by atoms with Crippen LogP contribution < -0.4 is 0 Å². The zero-order chi connectivity index (χ0) is 15.0. The molecule has 0 N–H and O–H groups in total. The lowest BCUT2D eigenvalue weighted by Gasteiger charge is -2.28. The largest absolute Gasteiger partial charge is 0.294 e. The number of sulfone groups is 1. The van der Waals surface area contributed by atoms with Gasteiger partial charge in [0.25, 0.3) is 0 Å². The fourth-order valence-corrected chi connectivity index (χ4v) is 5.48. The Bertz CT molecular complexity index is 621. The highest BCUT2D eigenvalue weighted by Gasteiger charge is 2.33. The van der Waals surface area contributed by atoms with Crippen LogP contribution in [-0.2, 0) is 36.3 Å². The van der Waals surface area contributed by atoms with Crippen LogP contribution in [0.2, 0.25) is 0 Å². The van der Waals surface area contributed by atoms with Crippen LogP contribution in [0.5, 0.6) is 0 Å². The van der Waals surface area contributed by atoms with E-state index in [1.165, 1.54) is 23.4 Å². The summed E-state index contributed by atoms with van der Waals surface area (Å²) in [6.07, 6.45) is 5.26. The lowest BCUT2D eigenvalue weighted by Crippen LogP contribution is -2.37. The van der Waals surface area contributed by atoms with Gasteiger partial charge in [0, 0.05) is 19.6 Å². The molecule has 0 saturated carbocycles. The van der Waals surface area contributed by atoms with Gasteiger partial charge in [-0.25, -0.2) is 8.42 Å². The van der Waals surface area contributed by atoms with E-state index in [4.69, 9.17) is 0 Å². The molecule has 0 amide bonds. The maximum Gasteiger partial charge on any atom is 0.151 e. The Balaban J connectivity index is 1.80. The van der Waals surface area contributed by atoms with Crippen molar-refractivity contribution in [3.63, 3.8) is 0 Å². The molecular weight excluding hydrogens is 286 g/mol. The highest BCUT2D eigenvalue weighted by Crippen LogP contribution is 2.27. The van der Waals surface area contributed by atoms with Crippen molar-refractivity contribution in [2.24, 2.45) is 7.05 Å². The summed E-state index contributed by atoms with van der Waals surface area (Å²) in [4.78, 5) is 2.36. The molecule has 0 radical (unpaired) electrons. The summed E-state index contributed by atoms with van der Waals surface area (Å²) in [5.74, 6) is 0.675. The van der Waals surface area contributed by atoms with E-state index in [1.807, 2.05) is 11.7 Å². The summed E-state index contributed by atoms with van der Waals surface area (Å²) in [5, 5.41) is 4.63. The van der Waals surface area contributed by atoms with E-state index < -0.39 is 9.84 Å². The average molecular weight is 311 g/mol. The van der Waals surface area contributed by atoms with E-state index in [0.717, 1.165) is 38.8 Å². The molecule has 1 fully saturated rings. The van der Waals surface area contributed by atoms with Crippen LogP contribution in [0.25, 0.3) is 0 Å². The molecule has 1 atom stereocenters. The van der Waals surface area contributed by atoms with E-state index in [0.29, 0.717) is 11.5 Å². The first kappa shape index (κ1) is 15.0. The fraction of sp³-hybridized carbons (Fsp3) is 0.800. The summed E-state index contributed by atoms with van der Waals surface area (Å²) in [6.45, 7) is 3.96. The van der Waals surface area contributed by atoms with Gasteiger partial charge in [0.1, 0.15) is 0 Å². The smallest absolute Gasteiger partial charge is 0.151 e. The van der Waals surface area contributed by atoms with Gasteiger partial charge < -0.3 is 0 Å². The molecule has 1 aliphatic heterocycles.